The topological polar surface area (TPSA) is 145 Å². The van der Waals surface area contributed by atoms with Crippen molar-refractivity contribution in [2.75, 3.05) is 10.6 Å². The SMILES string of the molecule is CC(C)(C)NC(=O)Nc1cc(NC2CC2)n2ncc(CC3=NC(O)NC3=O)c2n1. The minimum atomic E-state index is -1.22. The lowest BCUT2D eigenvalue weighted by Gasteiger charge is -2.20. The molecule has 3 heterocycles. The molecule has 0 spiro atoms. The van der Waals surface area contributed by atoms with Gasteiger partial charge >= 0.3 is 6.03 Å². The monoisotopic (exact) mass is 400 g/mol. The third kappa shape index (κ3) is 4.45. The highest BCUT2D eigenvalue weighted by molar-refractivity contribution is 6.40. The molecule has 1 aliphatic carbocycles. The number of urea groups is 1. The van der Waals surface area contributed by atoms with Crippen LogP contribution >= 0.6 is 0 Å². The molecule has 1 saturated carbocycles. The first-order valence-electron chi connectivity index (χ1n) is 9.47. The summed E-state index contributed by atoms with van der Waals surface area (Å²) in [5.74, 6) is 0.640. The first kappa shape index (κ1) is 19.1. The predicted molar refractivity (Wildman–Crippen MR) is 107 cm³/mol. The number of carbonyl (C=O) groups excluding carboxylic acids is 2. The van der Waals surface area contributed by atoms with E-state index in [-0.39, 0.29) is 23.7 Å². The number of carbonyl (C=O) groups is 2. The standard InChI is InChI=1S/C18H24N8O3/c1-18(2,3)25-17(29)23-12-7-13(20-10-4-5-10)26-14(22-12)9(8-19-26)6-11-15(27)24-16(28)21-11/h7-8,10,16,20,28H,4-6H2,1-3H3,(H,24,27)(H2,22,23,25,29). The van der Waals surface area contributed by atoms with E-state index >= 15 is 0 Å². The lowest BCUT2D eigenvalue weighted by molar-refractivity contribution is -0.116. The molecule has 11 nitrogen and oxygen atoms in total. The smallest absolute Gasteiger partial charge is 0.320 e. The summed E-state index contributed by atoms with van der Waals surface area (Å²) in [5, 5.41) is 25.2. The predicted octanol–water partition coefficient (Wildman–Crippen LogP) is 0.613. The van der Waals surface area contributed by atoms with Gasteiger partial charge in [-0.3, -0.25) is 10.1 Å². The van der Waals surface area contributed by atoms with Gasteiger partial charge in [0.25, 0.3) is 5.91 Å². The molecule has 1 fully saturated rings. The van der Waals surface area contributed by atoms with Crippen LogP contribution in [0.25, 0.3) is 5.65 Å². The van der Waals surface area contributed by atoms with Crippen LogP contribution in [0.4, 0.5) is 16.4 Å². The molecule has 0 saturated heterocycles. The van der Waals surface area contributed by atoms with E-state index in [1.54, 1.807) is 16.8 Å². The molecule has 2 aromatic heterocycles. The van der Waals surface area contributed by atoms with Crippen LogP contribution < -0.4 is 21.3 Å². The molecule has 154 valence electrons. The molecule has 2 aromatic rings. The summed E-state index contributed by atoms with van der Waals surface area (Å²) >= 11 is 0. The van der Waals surface area contributed by atoms with Crippen molar-refractivity contribution in [2.24, 2.45) is 4.99 Å². The van der Waals surface area contributed by atoms with E-state index in [1.807, 2.05) is 20.8 Å². The third-order valence-corrected chi connectivity index (χ3v) is 4.36. The zero-order chi connectivity index (χ0) is 20.8. The first-order chi connectivity index (χ1) is 13.7. The Morgan fingerprint density at radius 3 is 2.76 bits per heavy atom. The quantitative estimate of drug-likeness (QED) is 0.497. The number of nitrogens with zero attached hydrogens (tertiary/aromatic N) is 4. The van der Waals surface area contributed by atoms with E-state index in [2.05, 4.69) is 36.3 Å². The fourth-order valence-electron chi connectivity index (χ4n) is 2.97. The van der Waals surface area contributed by atoms with Gasteiger partial charge in [-0.2, -0.15) is 9.61 Å². The molecule has 5 N–H and O–H groups in total. The van der Waals surface area contributed by atoms with Crippen LogP contribution in [0.5, 0.6) is 0 Å². The fourth-order valence-corrected chi connectivity index (χ4v) is 2.97. The molecule has 29 heavy (non-hydrogen) atoms. The number of aliphatic hydroxyl groups is 1. The molecule has 11 heteroatoms. The van der Waals surface area contributed by atoms with Crippen LogP contribution in [0.2, 0.25) is 0 Å². The van der Waals surface area contributed by atoms with Gasteiger partial charge in [0.15, 0.2) is 5.65 Å². The molecule has 0 aromatic carbocycles. The number of anilines is 2. The molecule has 3 amide bonds. The number of hydrogen-bond donors (Lipinski definition) is 5. The molecule has 1 atom stereocenters. The fraction of sp³-hybridized carbons (Fsp3) is 0.500. The summed E-state index contributed by atoms with van der Waals surface area (Å²) in [7, 11) is 0. The second-order valence-electron chi connectivity index (χ2n) is 8.28. The minimum Gasteiger partial charge on any atom is -0.367 e. The Morgan fingerprint density at radius 2 is 2.14 bits per heavy atom. The normalized spacial score (nSPS) is 19.1. The highest BCUT2D eigenvalue weighted by Crippen LogP contribution is 2.27. The van der Waals surface area contributed by atoms with Crippen LogP contribution in [0.15, 0.2) is 17.3 Å². The Labute approximate surface area is 167 Å². The first-order valence-corrected chi connectivity index (χ1v) is 9.47. The van der Waals surface area contributed by atoms with Crippen LogP contribution in [0.3, 0.4) is 0 Å². The summed E-state index contributed by atoms with van der Waals surface area (Å²) < 4.78 is 1.64. The molecule has 2 aliphatic rings. The van der Waals surface area contributed by atoms with Crippen molar-refractivity contribution >= 4 is 34.9 Å². The van der Waals surface area contributed by atoms with Gasteiger partial charge in [0.05, 0.1) is 6.20 Å². The van der Waals surface area contributed by atoms with E-state index in [1.165, 1.54) is 0 Å². The second-order valence-corrected chi connectivity index (χ2v) is 8.28. The zero-order valence-electron chi connectivity index (χ0n) is 16.5. The van der Waals surface area contributed by atoms with Crippen molar-refractivity contribution in [1.82, 2.24) is 25.2 Å². The van der Waals surface area contributed by atoms with Crippen molar-refractivity contribution in [3.05, 3.63) is 17.8 Å². The van der Waals surface area contributed by atoms with Crippen molar-refractivity contribution in [2.45, 2.75) is 58.0 Å². The Bertz CT molecular complexity index is 1000. The maximum absolute atomic E-state index is 12.3. The number of aliphatic hydroxyl groups excluding tert-OH is 1. The van der Waals surface area contributed by atoms with E-state index in [4.69, 9.17) is 0 Å². The summed E-state index contributed by atoms with van der Waals surface area (Å²) in [6.07, 6.45) is 2.69. The minimum absolute atomic E-state index is 0.167. The average molecular weight is 400 g/mol. The number of rotatable bonds is 5. The van der Waals surface area contributed by atoms with Crippen molar-refractivity contribution in [3.8, 4) is 0 Å². The Morgan fingerprint density at radius 1 is 1.38 bits per heavy atom. The Balaban J connectivity index is 1.66. The number of fused-ring (bicyclic) bond motifs is 1. The van der Waals surface area contributed by atoms with E-state index in [9.17, 15) is 14.7 Å². The van der Waals surface area contributed by atoms with E-state index in [0.29, 0.717) is 28.9 Å². The number of amides is 3. The molecule has 0 radical (unpaired) electrons. The van der Waals surface area contributed by atoms with Crippen molar-refractivity contribution < 1.29 is 14.7 Å². The van der Waals surface area contributed by atoms with Gasteiger partial charge < -0.3 is 21.1 Å². The molecular weight excluding hydrogens is 376 g/mol. The summed E-state index contributed by atoms with van der Waals surface area (Å²) in [6, 6.07) is 1.73. The maximum atomic E-state index is 12.3. The van der Waals surface area contributed by atoms with Gasteiger partial charge in [0.1, 0.15) is 17.3 Å². The summed E-state index contributed by atoms with van der Waals surface area (Å²) in [5.41, 5.74) is 0.972. The lowest BCUT2D eigenvalue weighted by atomic mass is 10.1. The molecule has 4 rings (SSSR count). The largest absolute Gasteiger partial charge is 0.367 e. The zero-order valence-corrected chi connectivity index (χ0v) is 16.5. The third-order valence-electron chi connectivity index (χ3n) is 4.36. The van der Waals surface area contributed by atoms with Crippen LogP contribution in [0.1, 0.15) is 39.2 Å². The molecule has 1 unspecified atom stereocenters. The summed E-state index contributed by atoms with van der Waals surface area (Å²) in [4.78, 5) is 32.6. The van der Waals surface area contributed by atoms with Crippen molar-refractivity contribution in [3.63, 3.8) is 0 Å². The molecule has 0 bridgehead atoms. The Kier molecular flexibility index (Phi) is 4.61. The number of hydrogen-bond acceptors (Lipinski definition) is 7. The number of aromatic nitrogens is 3. The molecule has 1 aliphatic heterocycles. The average Bonchev–Trinajstić information content (AvgIpc) is 3.22. The highest BCUT2D eigenvalue weighted by Gasteiger charge is 2.26. The maximum Gasteiger partial charge on any atom is 0.320 e. The van der Waals surface area contributed by atoms with E-state index in [0.717, 1.165) is 12.8 Å². The number of nitrogens with one attached hydrogen (secondary N) is 4. The lowest BCUT2D eigenvalue weighted by Crippen LogP contribution is -2.43. The molecular formula is C18H24N8O3. The Hall–Kier alpha value is -3.21. The van der Waals surface area contributed by atoms with Gasteiger partial charge in [-0.05, 0) is 33.6 Å². The van der Waals surface area contributed by atoms with Gasteiger partial charge in [0, 0.05) is 29.6 Å². The van der Waals surface area contributed by atoms with Gasteiger partial charge in [-0.25, -0.2) is 14.8 Å². The van der Waals surface area contributed by atoms with Crippen LogP contribution in [-0.4, -0.2) is 55.3 Å². The van der Waals surface area contributed by atoms with Crippen LogP contribution in [0, 0.1) is 0 Å². The van der Waals surface area contributed by atoms with Gasteiger partial charge in [-0.15, -0.1) is 0 Å². The number of aliphatic imine (C=N–C) groups is 1. The van der Waals surface area contributed by atoms with Crippen LogP contribution in [-0.2, 0) is 11.2 Å². The summed E-state index contributed by atoms with van der Waals surface area (Å²) in [6.45, 7) is 5.67. The highest BCUT2D eigenvalue weighted by atomic mass is 16.3. The van der Waals surface area contributed by atoms with E-state index < -0.39 is 12.3 Å². The second kappa shape index (κ2) is 6.99. The van der Waals surface area contributed by atoms with Gasteiger partial charge in [0.2, 0.25) is 6.35 Å². The van der Waals surface area contributed by atoms with Crippen molar-refractivity contribution in [1.29, 1.82) is 0 Å². The van der Waals surface area contributed by atoms with Gasteiger partial charge in [-0.1, -0.05) is 0 Å².